The predicted molar refractivity (Wildman–Crippen MR) is 79.4 cm³/mol. The average Bonchev–Trinajstić information content (AvgIpc) is 2.48. The molecule has 0 aliphatic carbocycles. The summed E-state index contributed by atoms with van der Waals surface area (Å²) in [6.45, 7) is 8.19. The highest BCUT2D eigenvalue weighted by Gasteiger charge is 2.22. The van der Waals surface area contributed by atoms with Crippen LogP contribution in [0.4, 0.5) is 0 Å². The first-order chi connectivity index (χ1) is 9.24. The smallest absolute Gasteiger partial charge is 0.119 e. The van der Waals surface area contributed by atoms with E-state index >= 15 is 0 Å². The van der Waals surface area contributed by atoms with Crippen molar-refractivity contribution in [1.82, 2.24) is 4.90 Å². The zero-order valence-electron chi connectivity index (χ0n) is 12.1. The molecule has 1 heterocycles. The normalized spacial score (nSPS) is 19.3. The average molecular weight is 262 g/mol. The fourth-order valence-corrected chi connectivity index (χ4v) is 2.80. The van der Waals surface area contributed by atoms with Crippen LogP contribution in [0.3, 0.4) is 0 Å². The van der Waals surface area contributed by atoms with Crippen molar-refractivity contribution in [3.63, 3.8) is 0 Å². The molecule has 106 valence electrons. The number of nitrogens with two attached hydrogens (primary N) is 1. The van der Waals surface area contributed by atoms with Gasteiger partial charge in [-0.25, -0.2) is 0 Å². The molecule has 19 heavy (non-hydrogen) atoms. The van der Waals surface area contributed by atoms with Crippen LogP contribution in [0.1, 0.15) is 38.3 Å². The molecule has 3 heteroatoms. The Hall–Kier alpha value is -1.06. The van der Waals surface area contributed by atoms with E-state index in [4.69, 9.17) is 10.5 Å². The standard InChI is InChI=1S/C16H26N2O/c1-3-19-16-6-4-15(5-7-16)13(2)18-10-8-14(12-17)9-11-18/h4-7,13-14H,3,8-12,17H2,1-2H3. The Labute approximate surface area is 116 Å². The third kappa shape index (κ3) is 3.71. The number of ether oxygens (including phenoxy) is 1. The van der Waals surface area contributed by atoms with Crippen molar-refractivity contribution in [3.05, 3.63) is 29.8 Å². The van der Waals surface area contributed by atoms with E-state index in [1.54, 1.807) is 0 Å². The highest BCUT2D eigenvalue weighted by Crippen LogP contribution is 2.27. The van der Waals surface area contributed by atoms with Crippen molar-refractivity contribution in [2.45, 2.75) is 32.7 Å². The zero-order chi connectivity index (χ0) is 13.7. The largest absolute Gasteiger partial charge is 0.494 e. The summed E-state index contributed by atoms with van der Waals surface area (Å²) in [6.07, 6.45) is 2.47. The van der Waals surface area contributed by atoms with Gasteiger partial charge in [-0.2, -0.15) is 0 Å². The molecule has 0 amide bonds. The van der Waals surface area contributed by atoms with Crippen LogP contribution in [0.5, 0.6) is 5.75 Å². The third-order valence-corrected chi connectivity index (χ3v) is 4.20. The summed E-state index contributed by atoms with van der Waals surface area (Å²) in [4.78, 5) is 2.56. The second-order valence-corrected chi connectivity index (χ2v) is 5.39. The quantitative estimate of drug-likeness (QED) is 0.887. The van der Waals surface area contributed by atoms with Crippen LogP contribution in [0.15, 0.2) is 24.3 Å². The van der Waals surface area contributed by atoms with Crippen LogP contribution in [0.25, 0.3) is 0 Å². The van der Waals surface area contributed by atoms with Gasteiger partial charge >= 0.3 is 0 Å². The molecule has 0 bridgehead atoms. The number of nitrogens with zero attached hydrogens (tertiary/aromatic N) is 1. The number of hydrogen-bond acceptors (Lipinski definition) is 3. The van der Waals surface area contributed by atoms with Crippen LogP contribution in [-0.4, -0.2) is 31.1 Å². The highest BCUT2D eigenvalue weighted by molar-refractivity contribution is 5.29. The maximum absolute atomic E-state index is 5.75. The van der Waals surface area contributed by atoms with Crippen LogP contribution in [-0.2, 0) is 0 Å². The summed E-state index contributed by atoms with van der Waals surface area (Å²) < 4.78 is 5.49. The molecule has 1 unspecified atom stereocenters. The van der Waals surface area contributed by atoms with E-state index < -0.39 is 0 Å². The van der Waals surface area contributed by atoms with Gasteiger partial charge in [0.1, 0.15) is 5.75 Å². The molecule has 1 aliphatic rings. The fourth-order valence-electron chi connectivity index (χ4n) is 2.80. The highest BCUT2D eigenvalue weighted by atomic mass is 16.5. The number of likely N-dealkylation sites (tertiary alicyclic amines) is 1. The Morgan fingerprint density at radius 2 is 1.89 bits per heavy atom. The van der Waals surface area contributed by atoms with Gasteiger partial charge in [0.05, 0.1) is 6.61 Å². The molecule has 0 radical (unpaired) electrons. The second-order valence-electron chi connectivity index (χ2n) is 5.39. The van der Waals surface area contributed by atoms with E-state index in [1.807, 2.05) is 6.92 Å². The van der Waals surface area contributed by atoms with Gasteiger partial charge in [-0.3, -0.25) is 4.90 Å². The van der Waals surface area contributed by atoms with Crippen molar-refractivity contribution in [2.75, 3.05) is 26.2 Å². The fraction of sp³-hybridized carbons (Fsp3) is 0.625. The Kier molecular flexibility index (Phi) is 5.23. The molecule has 1 saturated heterocycles. The lowest BCUT2D eigenvalue weighted by Gasteiger charge is -2.36. The lowest BCUT2D eigenvalue weighted by molar-refractivity contribution is 0.143. The topological polar surface area (TPSA) is 38.5 Å². The predicted octanol–water partition coefficient (Wildman–Crippen LogP) is 2.82. The molecule has 1 aromatic rings. The molecule has 2 N–H and O–H groups in total. The Balaban J connectivity index is 1.94. The molecular weight excluding hydrogens is 236 g/mol. The maximum Gasteiger partial charge on any atom is 0.119 e. The molecule has 0 spiro atoms. The van der Waals surface area contributed by atoms with Gasteiger partial charge < -0.3 is 10.5 Å². The molecule has 0 aromatic heterocycles. The first-order valence-corrected chi connectivity index (χ1v) is 7.41. The van der Waals surface area contributed by atoms with Gasteiger partial charge in [0.2, 0.25) is 0 Å². The first-order valence-electron chi connectivity index (χ1n) is 7.41. The van der Waals surface area contributed by atoms with Gasteiger partial charge in [-0.15, -0.1) is 0 Å². The minimum absolute atomic E-state index is 0.481. The third-order valence-electron chi connectivity index (χ3n) is 4.20. The Bertz CT molecular complexity index is 369. The summed E-state index contributed by atoms with van der Waals surface area (Å²) in [7, 11) is 0. The molecule has 2 rings (SSSR count). The lowest BCUT2D eigenvalue weighted by Crippen LogP contribution is -2.37. The lowest BCUT2D eigenvalue weighted by atomic mass is 9.95. The minimum Gasteiger partial charge on any atom is -0.494 e. The molecule has 3 nitrogen and oxygen atoms in total. The van der Waals surface area contributed by atoms with Crippen LogP contribution in [0.2, 0.25) is 0 Å². The van der Waals surface area contributed by atoms with Crippen LogP contribution >= 0.6 is 0 Å². The van der Waals surface area contributed by atoms with Crippen LogP contribution in [0, 0.1) is 5.92 Å². The first kappa shape index (κ1) is 14.4. The SMILES string of the molecule is CCOc1ccc(C(C)N2CCC(CN)CC2)cc1. The van der Waals surface area contributed by atoms with Gasteiger partial charge in [0.15, 0.2) is 0 Å². The molecular formula is C16H26N2O. The molecule has 1 fully saturated rings. The zero-order valence-corrected chi connectivity index (χ0v) is 12.1. The molecule has 1 aliphatic heterocycles. The van der Waals surface area contributed by atoms with Crippen molar-refractivity contribution >= 4 is 0 Å². The van der Waals surface area contributed by atoms with E-state index in [-0.39, 0.29) is 0 Å². The second kappa shape index (κ2) is 6.92. The van der Waals surface area contributed by atoms with E-state index in [0.717, 1.165) is 37.9 Å². The summed E-state index contributed by atoms with van der Waals surface area (Å²) in [6, 6.07) is 8.99. The van der Waals surface area contributed by atoms with Gasteiger partial charge in [0, 0.05) is 6.04 Å². The number of benzene rings is 1. The Morgan fingerprint density at radius 1 is 1.26 bits per heavy atom. The Morgan fingerprint density at radius 3 is 2.42 bits per heavy atom. The number of piperidine rings is 1. The number of hydrogen-bond donors (Lipinski definition) is 1. The number of rotatable bonds is 5. The van der Waals surface area contributed by atoms with Crippen molar-refractivity contribution in [3.8, 4) is 5.75 Å². The van der Waals surface area contributed by atoms with E-state index in [2.05, 4.69) is 36.1 Å². The van der Waals surface area contributed by atoms with Gasteiger partial charge in [-0.05, 0) is 69.9 Å². The van der Waals surface area contributed by atoms with Crippen molar-refractivity contribution in [1.29, 1.82) is 0 Å². The maximum atomic E-state index is 5.75. The summed E-state index contributed by atoms with van der Waals surface area (Å²) in [5, 5.41) is 0. The van der Waals surface area contributed by atoms with Crippen LogP contribution < -0.4 is 10.5 Å². The van der Waals surface area contributed by atoms with Crippen molar-refractivity contribution in [2.24, 2.45) is 11.7 Å². The molecule has 0 saturated carbocycles. The summed E-state index contributed by atoms with van der Waals surface area (Å²) in [5.41, 5.74) is 7.12. The minimum atomic E-state index is 0.481. The molecule has 1 atom stereocenters. The van der Waals surface area contributed by atoms with E-state index in [9.17, 15) is 0 Å². The summed E-state index contributed by atoms with van der Waals surface area (Å²) >= 11 is 0. The van der Waals surface area contributed by atoms with Gasteiger partial charge in [-0.1, -0.05) is 12.1 Å². The van der Waals surface area contributed by atoms with Crippen molar-refractivity contribution < 1.29 is 4.74 Å². The van der Waals surface area contributed by atoms with Gasteiger partial charge in [0.25, 0.3) is 0 Å². The summed E-state index contributed by atoms with van der Waals surface area (Å²) in [5.74, 6) is 1.68. The monoisotopic (exact) mass is 262 g/mol. The molecule has 1 aromatic carbocycles. The van der Waals surface area contributed by atoms with E-state index in [0.29, 0.717) is 6.04 Å². The van der Waals surface area contributed by atoms with E-state index in [1.165, 1.54) is 18.4 Å².